The molecule has 5 nitrogen and oxygen atoms in total. The Labute approximate surface area is 207 Å². The quantitative estimate of drug-likeness (QED) is 0.371. The Morgan fingerprint density at radius 2 is 1.65 bits per heavy atom. The summed E-state index contributed by atoms with van der Waals surface area (Å²) in [7, 11) is 0. The molecule has 34 heavy (non-hydrogen) atoms. The molecule has 0 atom stereocenters. The number of anilines is 2. The van der Waals surface area contributed by atoms with Crippen molar-refractivity contribution < 1.29 is 9.59 Å². The van der Waals surface area contributed by atoms with Crippen molar-refractivity contribution in [1.29, 1.82) is 0 Å². The molecule has 0 saturated carbocycles. The van der Waals surface area contributed by atoms with Crippen LogP contribution in [0.3, 0.4) is 0 Å². The maximum Gasteiger partial charge on any atom is 0.258 e. The highest BCUT2D eigenvalue weighted by Gasteiger charge is 2.25. The number of hydrogen-bond donors (Lipinski definition) is 1. The number of hydrogen-bond acceptors (Lipinski definition) is 2. The summed E-state index contributed by atoms with van der Waals surface area (Å²) in [5.74, 6) is -0.394. The average Bonchev–Trinajstić information content (AvgIpc) is 3.20. The molecule has 5 rings (SSSR count). The predicted molar refractivity (Wildman–Crippen MR) is 136 cm³/mol. The molecule has 0 aliphatic carbocycles. The van der Waals surface area contributed by atoms with Gasteiger partial charge in [0.15, 0.2) is 0 Å². The summed E-state index contributed by atoms with van der Waals surface area (Å²) in [4.78, 5) is 27.9. The summed E-state index contributed by atoms with van der Waals surface area (Å²) in [6, 6.07) is 24.1. The van der Waals surface area contributed by atoms with Gasteiger partial charge in [-0.25, -0.2) is 0 Å². The van der Waals surface area contributed by atoms with E-state index in [-0.39, 0.29) is 18.2 Å². The van der Waals surface area contributed by atoms with Gasteiger partial charge in [-0.05, 0) is 53.6 Å². The first-order valence-electron chi connectivity index (χ1n) is 10.9. The Kier molecular flexibility index (Phi) is 6.14. The summed E-state index contributed by atoms with van der Waals surface area (Å²) >= 11 is 12.6. The number of nitrogens with one attached hydrogen (secondary N) is 1. The number of amides is 2. The van der Waals surface area contributed by atoms with Gasteiger partial charge in [0.2, 0.25) is 5.91 Å². The van der Waals surface area contributed by atoms with E-state index in [1.807, 2.05) is 54.7 Å². The zero-order valence-corrected chi connectivity index (χ0v) is 19.7. The molecular weight excluding hydrogens is 469 g/mol. The van der Waals surface area contributed by atoms with Gasteiger partial charge in [0, 0.05) is 34.7 Å². The number of carbonyl (C=O) groups excluding carboxylic acids is 2. The lowest BCUT2D eigenvalue weighted by atomic mass is 10.1. The number of rotatable bonds is 4. The zero-order chi connectivity index (χ0) is 23.7. The largest absolute Gasteiger partial charge is 0.345 e. The molecule has 0 fully saturated rings. The van der Waals surface area contributed by atoms with Crippen LogP contribution in [0, 0.1) is 0 Å². The maximum atomic E-state index is 13.6. The third kappa shape index (κ3) is 4.45. The molecule has 1 N–H and O–H groups in total. The smallest absolute Gasteiger partial charge is 0.258 e. The molecule has 170 valence electrons. The highest BCUT2D eigenvalue weighted by Crippen LogP contribution is 2.31. The van der Waals surface area contributed by atoms with Crippen LogP contribution in [0.25, 0.3) is 0 Å². The van der Waals surface area contributed by atoms with Crippen molar-refractivity contribution in [2.24, 2.45) is 0 Å². The van der Waals surface area contributed by atoms with Gasteiger partial charge < -0.3 is 14.8 Å². The molecule has 0 bridgehead atoms. The fraction of sp³-hybridized carbons (Fsp3) is 0.111. The number of para-hydroxylation sites is 1. The lowest BCUT2D eigenvalue weighted by Crippen LogP contribution is -2.30. The lowest BCUT2D eigenvalue weighted by molar-refractivity contribution is -0.115. The lowest BCUT2D eigenvalue weighted by Gasteiger charge is -2.23. The van der Waals surface area contributed by atoms with E-state index in [0.717, 1.165) is 22.5 Å². The van der Waals surface area contributed by atoms with Crippen molar-refractivity contribution >= 4 is 46.4 Å². The normalized spacial score (nSPS) is 12.5. The fourth-order valence-electron chi connectivity index (χ4n) is 4.18. The van der Waals surface area contributed by atoms with E-state index in [0.29, 0.717) is 34.4 Å². The van der Waals surface area contributed by atoms with Crippen molar-refractivity contribution in [1.82, 2.24) is 4.57 Å². The molecule has 0 saturated heterocycles. The number of fused-ring (bicyclic) bond motifs is 2. The molecule has 2 amide bonds. The molecule has 3 aromatic carbocycles. The maximum absolute atomic E-state index is 13.6. The van der Waals surface area contributed by atoms with Crippen molar-refractivity contribution in [3.63, 3.8) is 0 Å². The molecular formula is C27H21Cl2N3O2. The minimum atomic E-state index is -0.240. The molecule has 0 spiro atoms. The van der Waals surface area contributed by atoms with Gasteiger partial charge in [0.1, 0.15) is 0 Å². The van der Waals surface area contributed by atoms with Crippen LogP contribution in [-0.2, 0) is 24.3 Å². The molecule has 2 heterocycles. The van der Waals surface area contributed by atoms with Crippen molar-refractivity contribution in [2.45, 2.75) is 19.5 Å². The van der Waals surface area contributed by atoms with E-state index in [9.17, 15) is 9.59 Å². The second-order valence-corrected chi connectivity index (χ2v) is 8.97. The molecule has 4 aromatic rings. The Hall–Kier alpha value is -3.54. The second kappa shape index (κ2) is 9.37. The van der Waals surface area contributed by atoms with E-state index < -0.39 is 0 Å². The Morgan fingerprint density at radius 3 is 2.47 bits per heavy atom. The van der Waals surface area contributed by atoms with E-state index in [1.165, 1.54) is 0 Å². The van der Waals surface area contributed by atoms with Crippen LogP contribution in [0.5, 0.6) is 0 Å². The van der Waals surface area contributed by atoms with Gasteiger partial charge in [0.25, 0.3) is 5.91 Å². The monoisotopic (exact) mass is 489 g/mol. The number of benzene rings is 3. The third-order valence-corrected chi connectivity index (χ3v) is 6.59. The van der Waals surface area contributed by atoms with Crippen LogP contribution < -0.4 is 10.2 Å². The summed E-state index contributed by atoms with van der Waals surface area (Å²) in [5.41, 5.74) is 4.63. The molecule has 1 aromatic heterocycles. The molecule has 0 radical (unpaired) electrons. The van der Waals surface area contributed by atoms with E-state index in [1.54, 1.807) is 35.2 Å². The standard InChI is InChI=1S/C27H21Cl2N3O2/c28-22-9-3-1-6-18(22)15-26(33)30-24-12-11-19(14-23(24)29)27(34)32-17-21-8-5-13-31(21)16-20-7-2-4-10-25(20)32/h1-14H,15-17H2,(H,30,33). The van der Waals surface area contributed by atoms with Crippen LogP contribution in [0.2, 0.25) is 10.0 Å². The second-order valence-electron chi connectivity index (χ2n) is 8.16. The van der Waals surface area contributed by atoms with E-state index in [2.05, 4.69) is 9.88 Å². The Morgan fingerprint density at radius 1 is 0.853 bits per heavy atom. The van der Waals surface area contributed by atoms with Crippen LogP contribution in [0.15, 0.2) is 85.1 Å². The molecule has 1 aliphatic heterocycles. The number of halogens is 2. The topological polar surface area (TPSA) is 54.3 Å². The van der Waals surface area contributed by atoms with Crippen molar-refractivity contribution in [3.8, 4) is 0 Å². The van der Waals surface area contributed by atoms with Crippen LogP contribution in [-0.4, -0.2) is 16.4 Å². The summed E-state index contributed by atoms with van der Waals surface area (Å²) in [6.45, 7) is 1.16. The fourth-order valence-corrected chi connectivity index (χ4v) is 4.61. The minimum absolute atomic E-state index is 0.126. The van der Waals surface area contributed by atoms with Crippen LogP contribution in [0.4, 0.5) is 11.4 Å². The molecule has 1 aliphatic rings. The van der Waals surface area contributed by atoms with Gasteiger partial charge in [0.05, 0.1) is 23.7 Å². The predicted octanol–water partition coefficient (Wildman–Crippen LogP) is 6.18. The van der Waals surface area contributed by atoms with Crippen molar-refractivity contribution in [2.75, 3.05) is 10.2 Å². The van der Waals surface area contributed by atoms with Crippen molar-refractivity contribution in [3.05, 3.63) is 117 Å². The number of nitrogens with zero attached hydrogens (tertiary/aromatic N) is 2. The Bertz CT molecular complexity index is 1400. The highest BCUT2D eigenvalue weighted by molar-refractivity contribution is 6.34. The Balaban J connectivity index is 1.37. The first-order chi connectivity index (χ1) is 16.5. The number of aromatic nitrogens is 1. The summed E-state index contributed by atoms with van der Waals surface area (Å²) in [5, 5.41) is 3.64. The first kappa shape index (κ1) is 22.3. The summed E-state index contributed by atoms with van der Waals surface area (Å²) in [6.07, 6.45) is 2.15. The zero-order valence-electron chi connectivity index (χ0n) is 18.2. The van der Waals surface area contributed by atoms with E-state index in [4.69, 9.17) is 23.2 Å². The van der Waals surface area contributed by atoms with Crippen LogP contribution >= 0.6 is 23.2 Å². The minimum Gasteiger partial charge on any atom is -0.345 e. The average molecular weight is 490 g/mol. The van der Waals surface area contributed by atoms with Gasteiger partial charge in [-0.1, -0.05) is 59.6 Å². The molecule has 7 heteroatoms. The summed E-state index contributed by atoms with van der Waals surface area (Å²) < 4.78 is 2.15. The SMILES string of the molecule is O=C(Cc1ccccc1Cl)Nc1ccc(C(=O)N2Cc3cccn3Cc3ccccc32)cc1Cl. The first-order valence-corrected chi connectivity index (χ1v) is 11.6. The highest BCUT2D eigenvalue weighted by atomic mass is 35.5. The van der Waals surface area contributed by atoms with Gasteiger partial charge in [-0.2, -0.15) is 0 Å². The molecule has 0 unspecified atom stereocenters. The number of carbonyl (C=O) groups is 2. The van der Waals surface area contributed by atoms with Gasteiger partial charge in [-0.3, -0.25) is 9.59 Å². The van der Waals surface area contributed by atoms with E-state index >= 15 is 0 Å². The van der Waals surface area contributed by atoms with Gasteiger partial charge in [-0.15, -0.1) is 0 Å². The third-order valence-electron chi connectivity index (χ3n) is 5.91. The van der Waals surface area contributed by atoms with Gasteiger partial charge >= 0.3 is 0 Å². The van der Waals surface area contributed by atoms with Crippen LogP contribution in [0.1, 0.15) is 27.2 Å².